The van der Waals surface area contributed by atoms with Crippen LogP contribution in [0.2, 0.25) is 0 Å². The van der Waals surface area contributed by atoms with E-state index in [1.54, 1.807) is 6.07 Å². The highest BCUT2D eigenvalue weighted by molar-refractivity contribution is 6.20. The number of non-ortho nitro benzene ring substituents is 1. The number of hydrogen-bond acceptors (Lipinski definition) is 6. The van der Waals surface area contributed by atoms with Crippen LogP contribution in [0.25, 0.3) is 0 Å². The summed E-state index contributed by atoms with van der Waals surface area (Å²) >= 11 is 0. The molecule has 1 aromatic rings. The summed E-state index contributed by atoms with van der Waals surface area (Å²) in [4.78, 5) is 54.5. The largest absolute Gasteiger partial charge is 0.367 e. The number of fused-ring (bicyclic) bond motifs is 1. The van der Waals surface area contributed by atoms with E-state index < -0.39 is 34.2 Å². The highest BCUT2D eigenvalue weighted by Gasteiger charge is 2.61. The standard InChI is InChI=1S/C25H36N4O5/c1-5-7-13-27-20-12-11-19(29(33)34)15-18(20)16-25(21(27)9-6-2)22(30)26-24(32)28(23(25)31)14-8-10-17(3)4/h11-12,15,17,21H,5-10,13-14,16H2,1-4H3,(H,26,30,32)/t21-,25-/m0/s1. The topological polar surface area (TPSA) is 113 Å². The number of anilines is 1. The van der Waals surface area contributed by atoms with Crippen molar-refractivity contribution in [1.82, 2.24) is 10.2 Å². The molecule has 0 unspecified atom stereocenters. The molecular weight excluding hydrogens is 436 g/mol. The average Bonchev–Trinajstić information content (AvgIpc) is 2.78. The van der Waals surface area contributed by atoms with Crippen molar-refractivity contribution in [2.24, 2.45) is 11.3 Å². The van der Waals surface area contributed by atoms with Crippen LogP contribution in [-0.2, 0) is 16.0 Å². The molecule has 1 aromatic carbocycles. The van der Waals surface area contributed by atoms with Gasteiger partial charge < -0.3 is 4.90 Å². The average molecular weight is 473 g/mol. The number of hydrogen-bond donors (Lipinski definition) is 1. The lowest BCUT2D eigenvalue weighted by atomic mass is 9.67. The number of carbonyl (C=O) groups excluding carboxylic acids is 3. The van der Waals surface area contributed by atoms with Crippen LogP contribution in [0.15, 0.2) is 18.2 Å². The van der Waals surface area contributed by atoms with Crippen molar-refractivity contribution in [3.63, 3.8) is 0 Å². The molecule has 34 heavy (non-hydrogen) atoms. The fourth-order valence-corrected chi connectivity index (χ4v) is 5.26. The smallest absolute Gasteiger partial charge is 0.330 e. The van der Waals surface area contributed by atoms with Gasteiger partial charge in [0.05, 0.1) is 11.0 Å². The number of carbonyl (C=O) groups is 3. The fourth-order valence-electron chi connectivity index (χ4n) is 5.26. The quantitative estimate of drug-likeness (QED) is 0.306. The van der Waals surface area contributed by atoms with Gasteiger partial charge in [-0.2, -0.15) is 0 Å². The van der Waals surface area contributed by atoms with Crippen LogP contribution in [0.1, 0.15) is 71.8 Å². The van der Waals surface area contributed by atoms with Crippen LogP contribution >= 0.6 is 0 Å². The Morgan fingerprint density at radius 1 is 1.15 bits per heavy atom. The second kappa shape index (κ2) is 10.5. The van der Waals surface area contributed by atoms with Gasteiger partial charge in [-0.15, -0.1) is 0 Å². The molecule has 0 aliphatic carbocycles. The van der Waals surface area contributed by atoms with E-state index in [1.165, 1.54) is 17.0 Å². The zero-order chi connectivity index (χ0) is 25.0. The number of barbiturate groups is 1. The lowest BCUT2D eigenvalue weighted by Crippen LogP contribution is -2.72. The third-order valence-electron chi connectivity index (χ3n) is 6.97. The third kappa shape index (κ3) is 4.65. The Balaban J connectivity index is 2.12. The van der Waals surface area contributed by atoms with E-state index in [9.17, 15) is 24.5 Å². The number of nitrogens with zero attached hydrogens (tertiary/aromatic N) is 3. The molecule has 2 heterocycles. The van der Waals surface area contributed by atoms with Crippen LogP contribution in [0.4, 0.5) is 16.2 Å². The van der Waals surface area contributed by atoms with Crippen molar-refractivity contribution < 1.29 is 19.3 Å². The first kappa shape index (κ1) is 25.6. The molecule has 186 valence electrons. The van der Waals surface area contributed by atoms with Crippen LogP contribution in [0, 0.1) is 21.4 Å². The number of rotatable bonds is 10. The maximum absolute atomic E-state index is 14.0. The van der Waals surface area contributed by atoms with Gasteiger partial charge in [0.25, 0.3) is 5.69 Å². The molecule has 2 aliphatic rings. The fraction of sp³-hybridized carbons (Fsp3) is 0.640. The molecule has 1 fully saturated rings. The first-order valence-corrected chi connectivity index (χ1v) is 12.4. The Labute approximate surface area is 201 Å². The van der Waals surface area contributed by atoms with E-state index in [4.69, 9.17) is 0 Å². The predicted octanol–water partition coefficient (Wildman–Crippen LogP) is 4.43. The van der Waals surface area contributed by atoms with Crippen molar-refractivity contribution in [3.05, 3.63) is 33.9 Å². The summed E-state index contributed by atoms with van der Waals surface area (Å²) in [5, 5.41) is 13.9. The normalized spacial score (nSPS) is 22.4. The minimum absolute atomic E-state index is 0.0376. The highest BCUT2D eigenvalue weighted by atomic mass is 16.6. The van der Waals surface area contributed by atoms with E-state index in [2.05, 4.69) is 31.0 Å². The van der Waals surface area contributed by atoms with Crippen molar-refractivity contribution >= 4 is 29.2 Å². The van der Waals surface area contributed by atoms with Gasteiger partial charge in [-0.05, 0) is 43.2 Å². The van der Waals surface area contributed by atoms with Crippen molar-refractivity contribution in [2.45, 2.75) is 78.7 Å². The molecule has 4 amide bonds. The van der Waals surface area contributed by atoms with Crippen molar-refractivity contribution in [2.75, 3.05) is 18.0 Å². The summed E-state index contributed by atoms with van der Waals surface area (Å²) in [5.74, 6) is -0.653. The maximum Gasteiger partial charge on any atom is 0.330 e. The van der Waals surface area contributed by atoms with Gasteiger partial charge in [-0.25, -0.2) is 4.79 Å². The second-order valence-electron chi connectivity index (χ2n) is 9.82. The number of urea groups is 1. The number of amides is 4. The van der Waals surface area contributed by atoms with Gasteiger partial charge in [0.15, 0.2) is 5.41 Å². The van der Waals surface area contributed by atoms with Crippen LogP contribution in [-0.4, -0.2) is 46.8 Å². The Morgan fingerprint density at radius 2 is 1.88 bits per heavy atom. The van der Waals surface area contributed by atoms with Gasteiger partial charge >= 0.3 is 6.03 Å². The lowest BCUT2D eigenvalue weighted by Gasteiger charge is -2.52. The SMILES string of the molecule is CCCCN1c2ccc([N+](=O)[O-])cc2C[C@@]2(C(=O)NC(=O)N(CCCC(C)C)C2=O)[C@@H]1CCC. The Morgan fingerprint density at radius 3 is 2.50 bits per heavy atom. The minimum atomic E-state index is -1.50. The zero-order valence-electron chi connectivity index (χ0n) is 20.6. The summed E-state index contributed by atoms with van der Waals surface area (Å²) in [6.07, 6.45) is 4.65. The molecule has 9 nitrogen and oxygen atoms in total. The minimum Gasteiger partial charge on any atom is -0.367 e. The van der Waals surface area contributed by atoms with Gasteiger partial charge in [0.1, 0.15) is 0 Å². The Bertz CT molecular complexity index is 963. The van der Waals surface area contributed by atoms with Crippen LogP contribution < -0.4 is 10.2 Å². The van der Waals surface area contributed by atoms with Gasteiger partial charge in [-0.3, -0.25) is 29.9 Å². The number of nitro benzene ring substituents is 1. The molecule has 0 aromatic heterocycles. The molecule has 2 aliphatic heterocycles. The summed E-state index contributed by atoms with van der Waals surface area (Å²) in [7, 11) is 0. The van der Waals surface area contributed by atoms with Gasteiger partial charge in [0, 0.05) is 37.3 Å². The molecular formula is C25H36N4O5. The summed E-state index contributed by atoms with van der Waals surface area (Å²) < 4.78 is 0. The second-order valence-corrected chi connectivity index (χ2v) is 9.82. The summed E-state index contributed by atoms with van der Waals surface area (Å²) in [6.45, 7) is 9.10. The molecule has 1 N–H and O–H groups in total. The molecule has 0 saturated carbocycles. The monoisotopic (exact) mass is 472 g/mol. The first-order valence-electron chi connectivity index (χ1n) is 12.4. The lowest BCUT2D eigenvalue weighted by molar-refractivity contribution is -0.384. The van der Waals surface area contributed by atoms with E-state index in [0.717, 1.165) is 31.4 Å². The molecule has 1 spiro atoms. The molecule has 0 radical (unpaired) electrons. The third-order valence-corrected chi connectivity index (χ3v) is 6.97. The Kier molecular flexibility index (Phi) is 7.94. The molecule has 9 heteroatoms. The molecule has 2 atom stereocenters. The molecule has 0 bridgehead atoms. The van der Waals surface area contributed by atoms with Crippen molar-refractivity contribution in [3.8, 4) is 0 Å². The molecule has 1 saturated heterocycles. The van der Waals surface area contributed by atoms with Crippen LogP contribution in [0.5, 0.6) is 0 Å². The number of nitrogens with one attached hydrogen (secondary N) is 1. The predicted molar refractivity (Wildman–Crippen MR) is 130 cm³/mol. The number of nitro groups is 1. The highest BCUT2D eigenvalue weighted by Crippen LogP contribution is 2.47. The van der Waals surface area contributed by atoms with E-state index >= 15 is 0 Å². The Hall–Kier alpha value is -2.97. The number of benzene rings is 1. The number of unbranched alkanes of at least 4 members (excludes halogenated alkanes) is 1. The van der Waals surface area contributed by atoms with E-state index in [1.807, 2.05) is 6.92 Å². The molecule has 3 rings (SSSR count). The summed E-state index contributed by atoms with van der Waals surface area (Å²) in [5.41, 5.74) is -0.158. The van der Waals surface area contributed by atoms with Crippen molar-refractivity contribution in [1.29, 1.82) is 0 Å². The zero-order valence-corrected chi connectivity index (χ0v) is 20.6. The van der Waals surface area contributed by atoms with Gasteiger partial charge in [-0.1, -0.05) is 40.5 Å². The van der Waals surface area contributed by atoms with E-state index in [0.29, 0.717) is 30.9 Å². The van der Waals surface area contributed by atoms with Gasteiger partial charge in [0.2, 0.25) is 11.8 Å². The maximum atomic E-state index is 14.0. The van der Waals surface area contributed by atoms with E-state index in [-0.39, 0.29) is 18.7 Å². The summed E-state index contributed by atoms with van der Waals surface area (Å²) in [6, 6.07) is 3.56. The number of imide groups is 2. The first-order chi connectivity index (χ1) is 16.2. The van der Waals surface area contributed by atoms with Crippen LogP contribution in [0.3, 0.4) is 0 Å².